The van der Waals surface area contributed by atoms with E-state index in [1.165, 1.54) is 0 Å². The Morgan fingerprint density at radius 2 is 2.09 bits per heavy atom. The van der Waals surface area contributed by atoms with Crippen molar-refractivity contribution in [2.45, 2.75) is 19.6 Å². The molecule has 2 heterocycles. The first kappa shape index (κ1) is 15.8. The second-order valence-corrected chi connectivity index (χ2v) is 5.50. The van der Waals surface area contributed by atoms with Crippen LogP contribution >= 0.6 is 0 Å². The molecule has 0 spiro atoms. The van der Waals surface area contributed by atoms with E-state index in [4.69, 9.17) is 18.7 Å². The second kappa shape index (κ2) is 6.97. The monoisotopic (exact) mass is 319 g/mol. The molecule has 0 saturated carbocycles. The van der Waals surface area contributed by atoms with E-state index < -0.39 is 0 Å². The average molecular weight is 319 g/mol. The van der Waals surface area contributed by atoms with E-state index >= 15 is 0 Å². The van der Waals surface area contributed by atoms with Gasteiger partial charge in [-0.2, -0.15) is 4.98 Å². The molecule has 124 valence electrons. The number of hydrogen-bond acceptors (Lipinski definition) is 7. The molecule has 7 nitrogen and oxygen atoms in total. The van der Waals surface area contributed by atoms with E-state index in [0.29, 0.717) is 29.8 Å². The molecule has 1 aliphatic rings. The molecule has 23 heavy (non-hydrogen) atoms. The van der Waals surface area contributed by atoms with Crippen molar-refractivity contribution in [3.8, 4) is 22.9 Å². The van der Waals surface area contributed by atoms with Gasteiger partial charge in [0.15, 0.2) is 11.5 Å². The Labute approximate surface area is 135 Å². The van der Waals surface area contributed by atoms with Crippen molar-refractivity contribution in [2.24, 2.45) is 0 Å². The van der Waals surface area contributed by atoms with Gasteiger partial charge in [-0.05, 0) is 25.1 Å². The fourth-order valence-electron chi connectivity index (χ4n) is 2.64. The van der Waals surface area contributed by atoms with Crippen molar-refractivity contribution in [1.82, 2.24) is 15.0 Å². The Balaban J connectivity index is 1.74. The van der Waals surface area contributed by atoms with Crippen LogP contribution in [0.2, 0.25) is 0 Å². The van der Waals surface area contributed by atoms with Gasteiger partial charge >= 0.3 is 0 Å². The van der Waals surface area contributed by atoms with E-state index in [1.54, 1.807) is 14.2 Å². The predicted octanol–water partition coefficient (Wildman–Crippen LogP) is 1.97. The van der Waals surface area contributed by atoms with Crippen LogP contribution < -0.4 is 9.47 Å². The van der Waals surface area contributed by atoms with Gasteiger partial charge < -0.3 is 18.7 Å². The van der Waals surface area contributed by atoms with Gasteiger partial charge in [-0.3, -0.25) is 4.90 Å². The summed E-state index contributed by atoms with van der Waals surface area (Å²) in [5.41, 5.74) is 0.827. The van der Waals surface area contributed by atoms with Gasteiger partial charge in [-0.1, -0.05) is 5.16 Å². The SMILES string of the molecule is COc1ccc(-c2noc(CN3CCO[C@H](C)C3)n2)cc1OC. The molecule has 0 amide bonds. The van der Waals surface area contributed by atoms with Crippen molar-refractivity contribution in [3.63, 3.8) is 0 Å². The van der Waals surface area contributed by atoms with Gasteiger partial charge in [-0.25, -0.2) is 0 Å². The molecule has 0 unspecified atom stereocenters. The zero-order chi connectivity index (χ0) is 16.2. The Kier molecular flexibility index (Phi) is 4.78. The highest BCUT2D eigenvalue weighted by Gasteiger charge is 2.19. The van der Waals surface area contributed by atoms with Crippen LogP contribution in [0.4, 0.5) is 0 Å². The number of aromatic nitrogens is 2. The Hall–Kier alpha value is -2.12. The number of ether oxygens (including phenoxy) is 3. The van der Waals surface area contributed by atoms with Crippen LogP contribution in [0, 0.1) is 0 Å². The maximum absolute atomic E-state index is 5.53. The van der Waals surface area contributed by atoms with Gasteiger partial charge in [0, 0.05) is 18.7 Å². The molecule has 7 heteroatoms. The molecule has 1 aromatic heterocycles. The molecule has 1 aliphatic heterocycles. The van der Waals surface area contributed by atoms with Crippen molar-refractivity contribution < 1.29 is 18.7 Å². The first-order valence-electron chi connectivity index (χ1n) is 7.58. The molecule has 0 bridgehead atoms. The number of rotatable bonds is 5. The van der Waals surface area contributed by atoms with Gasteiger partial charge in [0.25, 0.3) is 0 Å². The number of methoxy groups -OCH3 is 2. The topological polar surface area (TPSA) is 69.9 Å². The summed E-state index contributed by atoms with van der Waals surface area (Å²) in [6, 6.07) is 5.55. The highest BCUT2D eigenvalue weighted by atomic mass is 16.5. The molecule has 1 atom stereocenters. The largest absolute Gasteiger partial charge is 0.493 e. The van der Waals surface area contributed by atoms with Crippen LogP contribution in [0.5, 0.6) is 11.5 Å². The summed E-state index contributed by atoms with van der Waals surface area (Å²) in [4.78, 5) is 6.72. The maximum Gasteiger partial charge on any atom is 0.241 e. The van der Waals surface area contributed by atoms with Crippen molar-refractivity contribution >= 4 is 0 Å². The van der Waals surface area contributed by atoms with Gasteiger partial charge in [0.05, 0.1) is 33.5 Å². The molecule has 0 N–H and O–H groups in total. The number of nitrogens with zero attached hydrogens (tertiary/aromatic N) is 3. The lowest BCUT2D eigenvalue weighted by molar-refractivity contribution is -0.0240. The van der Waals surface area contributed by atoms with Crippen molar-refractivity contribution in [3.05, 3.63) is 24.1 Å². The van der Waals surface area contributed by atoms with Gasteiger partial charge in [0.2, 0.25) is 11.7 Å². The lowest BCUT2D eigenvalue weighted by Gasteiger charge is -2.29. The standard InChI is InChI=1S/C16H21N3O4/c1-11-9-19(6-7-22-11)10-15-17-16(18-23-15)12-4-5-13(20-2)14(8-12)21-3/h4-5,8,11H,6-7,9-10H2,1-3H3/t11-/m1/s1. The van der Waals surface area contributed by atoms with Crippen molar-refractivity contribution in [1.29, 1.82) is 0 Å². The van der Waals surface area contributed by atoms with Crippen LogP contribution in [-0.2, 0) is 11.3 Å². The molecule has 1 aromatic carbocycles. The van der Waals surface area contributed by atoms with Crippen LogP contribution in [0.1, 0.15) is 12.8 Å². The van der Waals surface area contributed by atoms with E-state index in [-0.39, 0.29) is 6.10 Å². The fourth-order valence-corrected chi connectivity index (χ4v) is 2.64. The molecule has 1 fully saturated rings. The van der Waals surface area contributed by atoms with E-state index in [2.05, 4.69) is 22.0 Å². The molecular weight excluding hydrogens is 298 g/mol. The fraction of sp³-hybridized carbons (Fsp3) is 0.500. The zero-order valence-corrected chi connectivity index (χ0v) is 13.6. The van der Waals surface area contributed by atoms with Gasteiger partial charge in [0.1, 0.15) is 0 Å². The first-order chi connectivity index (χ1) is 11.2. The molecule has 1 saturated heterocycles. The smallest absolute Gasteiger partial charge is 0.241 e. The minimum absolute atomic E-state index is 0.233. The third-order valence-corrected chi connectivity index (χ3v) is 3.79. The Morgan fingerprint density at radius 3 is 2.83 bits per heavy atom. The van der Waals surface area contributed by atoms with Crippen LogP contribution in [0.15, 0.2) is 22.7 Å². The van der Waals surface area contributed by atoms with Crippen LogP contribution in [0.3, 0.4) is 0 Å². The Morgan fingerprint density at radius 1 is 1.26 bits per heavy atom. The molecular formula is C16H21N3O4. The van der Waals surface area contributed by atoms with Crippen LogP contribution in [0.25, 0.3) is 11.4 Å². The maximum atomic E-state index is 5.53. The van der Waals surface area contributed by atoms with E-state index in [9.17, 15) is 0 Å². The van der Waals surface area contributed by atoms with Gasteiger partial charge in [-0.15, -0.1) is 0 Å². The minimum Gasteiger partial charge on any atom is -0.493 e. The highest BCUT2D eigenvalue weighted by Crippen LogP contribution is 2.31. The second-order valence-electron chi connectivity index (χ2n) is 5.50. The molecule has 2 aromatic rings. The lowest BCUT2D eigenvalue weighted by Crippen LogP contribution is -2.40. The third kappa shape index (κ3) is 3.62. The number of morpholine rings is 1. The summed E-state index contributed by atoms with van der Waals surface area (Å²) in [6.07, 6.45) is 0.233. The van der Waals surface area contributed by atoms with E-state index in [1.807, 2.05) is 18.2 Å². The van der Waals surface area contributed by atoms with E-state index in [0.717, 1.165) is 25.3 Å². The number of hydrogen-bond donors (Lipinski definition) is 0. The average Bonchev–Trinajstić information content (AvgIpc) is 3.02. The quantitative estimate of drug-likeness (QED) is 0.834. The summed E-state index contributed by atoms with van der Waals surface area (Å²) in [7, 11) is 3.20. The summed E-state index contributed by atoms with van der Waals surface area (Å²) < 4.78 is 21.4. The summed E-state index contributed by atoms with van der Waals surface area (Å²) in [5.74, 6) is 2.45. The summed E-state index contributed by atoms with van der Waals surface area (Å²) in [5, 5.41) is 4.06. The summed E-state index contributed by atoms with van der Waals surface area (Å²) >= 11 is 0. The lowest BCUT2D eigenvalue weighted by atomic mass is 10.2. The number of benzene rings is 1. The van der Waals surface area contributed by atoms with Crippen molar-refractivity contribution in [2.75, 3.05) is 33.9 Å². The highest BCUT2D eigenvalue weighted by molar-refractivity contribution is 5.60. The third-order valence-electron chi connectivity index (χ3n) is 3.79. The molecule has 3 rings (SSSR count). The predicted molar refractivity (Wildman–Crippen MR) is 83.5 cm³/mol. The normalized spacial score (nSPS) is 18.8. The first-order valence-corrected chi connectivity index (χ1v) is 7.58. The zero-order valence-electron chi connectivity index (χ0n) is 13.6. The Bertz CT molecular complexity index is 659. The minimum atomic E-state index is 0.233. The molecule has 0 radical (unpaired) electrons. The van der Waals surface area contributed by atoms with Crippen LogP contribution in [-0.4, -0.2) is 55.1 Å². The molecule has 0 aliphatic carbocycles. The summed E-state index contributed by atoms with van der Waals surface area (Å²) in [6.45, 7) is 5.17.